The SMILES string of the molecule is C[C@H](NC(=O)c1c(N)nn2cccnc12)c1oc2cccc(/C=C\c3cnn(C)c3)c2c(=O)c1-c1ccccc1. The maximum atomic E-state index is 14.2. The summed E-state index contributed by atoms with van der Waals surface area (Å²) in [5.41, 5.74) is 9.41. The van der Waals surface area contributed by atoms with Gasteiger partial charge >= 0.3 is 0 Å². The van der Waals surface area contributed by atoms with Crippen LogP contribution < -0.4 is 16.5 Å². The lowest BCUT2D eigenvalue weighted by atomic mass is 9.97. The summed E-state index contributed by atoms with van der Waals surface area (Å²) in [6, 6.07) is 15.7. The van der Waals surface area contributed by atoms with Crippen LogP contribution >= 0.6 is 0 Å². The fourth-order valence-corrected chi connectivity index (χ4v) is 4.77. The first-order chi connectivity index (χ1) is 19.4. The second kappa shape index (κ2) is 9.99. The molecule has 6 aromatic rings. The molecule has 0 aliphatic rings. The van der Waals surface area contributed by atoms with E-state index in [2.05, 4.69) is 20.5 Å². The number of carbonyl (C=O) groups is 1. The van der Waals surface area contributed by atoms with E-state index in [0.29, 0.717) is 39.1 Å². The summed E-state index contributed by atoms with van der Waals surface area (Å²) in [5.74, 6) is -0.0984. The van der Waals surface area contributed by atoms with Gasteiger partial charge in [0.05, 0.1) is 23.2 Å². The van der Waals surface area contributed by atoms with Crippen LogP contribution in [0, 0.1) is 0 Å². The Kier molecular flexibility index (Phi) is 6.19. The van der Waals surface area contributed by atoms with Crippen molar-refractivity contribution < 1.29 is 9.21 Å². The summed E-state index contributed by atoms with van der Waals surface area (Å²) < 4.78 is 9.55. The van der Waals surface area contributed by atoms with Crippen molar-refractivity contribution in [3.05, 3.63) is 112 Å². The molecule has 1 amide bonds. The molecule has 3 N–H and O–H groups in total. The molecule has 0 fully saturated rings. The molecule has 0 bridgehead atoms. The molecule has 0 unspecified atom stereocenters. The summed E-state index contributed by atoms with van der Waals surface area (Å²) in [5, 5.41) is 11.7. The molecule has 0 aliphatic heterocycles. The topological polar surface area (TPSA) is 133 Å². The van der Waals surface area contributed by atoms with Gasteiger partial charge in [-0.1, -0.05) is 54.6 Å². The van der Waals surface area contributed by atoms with Crippen molar-refractivity contribution in [2.24, 2.45) is 7.05 Å². The van der Waals surface area contributed by atoms with Crippen LogP contribution in [0.1, 0.15) is 40.2 Å². The predicted octanol–water partition coefficient (Wildman–Crippen LogP) is 4.48. The molecule has 0 radical (unpaired) electrons. The number of nitrogen functional groups attached to an aromatic ring is 1. The Hall–Kier alpha value is -5.51. The van der Waals surface area contributed by atoms with Gasteiger partial charge in [-0.05, 0) is 30.2 Å². The van der Waals surface area contributed by atoms with Gasteiger partial charge in [0, 0.05) is 31.2 Å². The van der Waals surface area contributed by atoms with Gasteiger partial charge < -0.3 is 15.5 Å². The quantitative estimate of drug-likeness (QED) is 0.324. The van der Waals surface area contributed by atoms with Crippen LogP contribution in [0.25, 0.3) is 39.9 Å². The first-order valence-corrected chi connectivity index (χ1v) is 12.6. The van der Waals surface area contributed by atoms with E-state index in [-0.39, 0.29) is 16.8 Å². The second-order valence-electron chi connectivity index (χ2n) is 9.38. The summed E-state index contributed by atoms with van der Waals surface area (Å²) in [6.45, 7) is 1.76. The van der Waals surface area contributed by atoms with E-state index < -0.39 is 11.9 Å². The number of nitrogens with zero attached hydrogens (tertiary/aromatic N) is 5. The molecule has 10 heteroatoms. The van der Waals surface area contributed by atoms with Crippen molar-refractivity contribution >= 4 is 40.5 Å². The zero-order valence-corrected chi connectivity index (χ0v) is 21.8. The molecular formula is C30H25N7O3. The Balaban J connectivity index is 1.46. The van der Waals surface area contributed by atoms with E-state index in [0.717, 1.165) is 5.56 Å². The molecule has 40 heavy (non-hydrogen) atoms. The smallest absolute Gasteiger partial charge is 0.259 e. The average molecular weight is 532 g/mol. The number of amides is 1. The van der Waals surface area contributed by atoms with E-state index in [4.69, 9.17) is 10.2 Å². The number of nitrogens with two attached hydrogens (primary N) is 1. The molecule has 6 rings (SSSR count). The van der Waals surface area contributed by atoms with Gasteiger partial charge in [0.15, 0.2) is 11.5 Å². The second-order valence-corrected chi connectivity index (χ2v) is 9.38. The number of hydrogen-bond acceptors (Lipinski definition) is 7. The molecule has 4 heterocycles. The van der Waals surface area contributed by atoms with Crippen LogP contribution in [-0.4, -0.2) is 30.3 Å². The number of nitrogens with one attached hydrogen (secondary N) is 1. The fourth-order valence-electron chi connectivity index (χ4n) is 4.77. The Labute approximate surface area is 228 Å². The maximum absolute atomic E-state index is 14.2. The minimum Gasteiger partial charge on any atom is -0.458 e. The zero-order chi connectivity index (χ0) is 27.8. The molecule has 1 atom stereocenters. The lowest BCUT2D eigenvalue weighted by Crippen LogP contribution is -2.28. The van der Waals surface area contributed by atoms with Crippen LogP contribution in [0.5, 0.6) is 0 Å². The lowest BCUT2D eigenvalue weighted by Gasteiger charge is -2.18. The van der Waals surface area contributed by atoms with Crippen LogP contribution in [0.3, 0.4) is 0 Å². The van der Waals surface area contributed by atoms with Crippen LogP contribution in [0.2, 0.25) is 0 Å². The van der Waals surface area contributed by atoms with Crippen molar-refractivity contribution in [2.45, 2.75) is 13.0 Å². The third-order valence-corrected chi connectivity index (χ3v) is 6.61. The van der Waals surface area contributed by atoms with Gasteiger partial charge in [-0.3, -0.25) is 14.3 Å². The molecule has 2 aromatic carbocycles. The Morgan fingerprint density at radius 1 is 1.10 bits per heavy atom. The zero-order valence-electron chi connectivity index (χ0n) is 21.8. The maximum Gasteiger partial charge on any atom is 0.259 e. The van der Waals surface area contributed by atoms with Crippen LogP contribution in [0.15, 0.2) is 88.6 Å². The highest BCUT2D eigenvalue weighted by Gasteiger charge is 2.26. The summed E-state index contributed by atoms with van der Waals surface area (Å²) >= 11 is 0. The highest BCUT2D eigenvalue weighted by molar-refractivity contribution is 6.04. The minimum absolute atomic E-state index is 0.0525. The lowest BCUT2D eigenvalue weighted by molar-refractivity contribution is 0.0938. The molecule has 0 spiro atoms. The summed E-state index contributed by atoms with van der Waals surface area (Å²) in [4.78, 5) is 31.8. The molecule has 0 aliphatic carbocycles. The number of aromatic nitrogens is 5. The first-order valence-electron chi connectivity index (χ1n) is 12.6. The van der Waals surface area contributed by atoms with Crippen LogP contribution in [-0.2, 0) is 7.05 Å². The van der Waals surface area contributed by atoms with E-state index in [1.807, 2.05) is 67.9 Å². The van der Waals surface area contributed by atoms with E-state index in [9.17, 15) is 9.59 Å². The molecule has 198 valence electrons. The van der Waals surface area contributed by atoms with Crippen molar-refractivity contribution in [3.8, 4) is 11.1 Å². The highest BCUT2D eigenvalue weighted by atomic mass is 16.3. The third-order valence-electron chi connectivity index (χ3n) is 6.61. The normalized spacial score (nSPS) is 12.3. The fraction of sp³-hybridized carbons (Fsp3) is 0.100. The van der Waals surface area contributed by atoms with Gasteiger partial charge in [0.25, 0.3) is 5.91 Å². The van der Waals surface area contributed by atoms with Gasteiger partial charge in [-0.25, -0.2) is 9.50 Å². The van der Waals surface area contributed by atoms with E-state index in [1.165, 1.54) is 4.52 Å². The van der Waals surface area contributed by atoms with Crippen molar-refractivity contribution in [1.29, 1.82) is 0 Å². The Morgan fingerprint density at radius 3 is 2.70 bits per heavy atom. The Morgan fingerprint density at radius 2 is 1.93 bits per heavy atom. The van der Waals surface area contributed by atoms with E-state index in [1.54, 1.807) is 42.3 Å². The molecule has 4 aromatic heterocycles. The summed E-state index contributed by atoms with van der Waals surface area (Å²) in [7, 11) is 1.85. The van der Waals surface area contributed by atoms with E-state index >= 15 is 0 Å². The number of hydrogen-bond donors (Lipinski definition) is 2. The monoisotopic (exact) mass is 531 g/mol. The van der Waals surface area contributed by atoms with Crippen molar-refractivity contribution in [3.63, 3.8) is 0 Å². The standard InChI is InChI=1S/C30H25N7O3/c1-18(34-30(39)25-28(31)35-37-15-7-14-32-29(25)37)27-24(20-8-4-3-5-9-20)26(38)23-21(10-6-11-22(23)40-27)13-12-19-16-33-36(2)17-19/h3-18H,1-2H3,(H2,31,35)(H,34,39)/b13-12-/t18-/m0/s1. The molecule has 0 saturated carbocycles. The van der Waals surface area contributed by atoms with Crippen molar-refractivity contribution in [2.75, 3.05) is 5.73 Å². The number of anilines is 1. The minimum atomic E-state index is -0.688. The Bertz CT molecular complexity index is 1970. The number of rotatable bonds is 6. The van der Waals surface area contributed by atoms with Crippen molar-refractivity contribution in [1.82, 2.24) is 29.7 Å². The van der Waals surface area contributed by atoms with Gasteiger partial charge in [-0.2, -0.15) is 5.10 Å². The largest absolute Gasteiger partial charge is 0.458 e. The number of benzene rings is 2. The van der Waals surface area contributed by atoms with Gasteiger partial charge in [0.1, 0.15) is 16.9 Å². The first kappa shape index (κ1) is 24.8. The highest BCUT2D eigenvalue weighted by Crippen LogP contribution is 2.31. The predicted molar refractivity (Wildman–Crippen MR) is 153 cm³/mol. The molecule has 0 saturated heterocycles. The van der Waals surface area contributed by atoms with Gasteiger partial charge in [-0.15, -0.1) is 5.10 Å². The average Bonchev–Trinajstić information content (AvgIpc) is 3.53. The third kappa shape index (κ3) is 4.41. The summed E-state index contributed by atoms with van der Waals surface area (Å²) in [6.07, 6.45) is 10.6. The number of carbonyl (C=O) groups excluding carboxylic acids is 1. The van der Waals surface area contributed by atoms with Crippen LogP contribution in [0.4, 0.5) is 5.82 Å². The number of aryl methyl sites for hydroxylation is 1. The van der Waals surface area contributed by atoms with Gasteiger partial charge in [0.2, 0.25) is 5.43 Å². The number of fused-ring (bicyclic) bond motifs is 2. The molecule has 10 nitrogen and oxygen atoms in total. The molecular weight excluding hydrogens is 506 g/mol.